The molecule has 0 saturated heterocycles. The van der Waals surface area contributed by atoms with E-state index >= 15 is 0 Å². The third-order valence-electron chi connectivity index (χ3n) is 4.51. The maximum absolute atomic E-state index is 11.2. The van der Waals surface area contributed by atoms with E-state index in [4.69, 9.17) is 14.2 Å². The van der Waals surface area contributed by atoms with Crippen LogP contribution in [0.25, 0.3) is 0 Å². The van der Waals surface area contributed by atoms with Gasteiger partial charge in [0.2, 0.25) is 0 Å². The van der Waals surface area contributed by atoms with Crippen LogP contribution in [0.3, 0.4) is 0 Å². The van der Waals surface area contributed by atoms with Crippen LogP contribution in [-0.4, -0.2) is 58.6 Å². The van der Waals surface area contributed by atoms with Gasteiger partial charge in [0.25, 0.3) is 0 Å². The Labute approximate surface area is 185 Å². The molecule has 1 aromatic carbocycles. The van der Waals surface area contributed by atoms with E-state index in [0.717, 1.165) is 49.5 Å². The Bertz CT molecular complexity index is 694. The third-order valence-corrected chi connectivity index (χ3v) is 4.51. The summed E-state index contributed by atoms with van der Waals surface area (Å²) in [4.78, 5) is 15.9. The zero-order valence-corrected chi connectivity index (χ0v) is 19.1. The number of unbranched alkanes of at least 4 members (excludes halogenated alkanes) is 1. The summed E-state index contributed by atoms with van der Waals surface area (Å²) in [6.07, 6.45) is 3.75. The first kappa shape index (κ1) is 24.8. The number of guanidine groups is 1. The molecule has 1 aromatic rings. The summed E-state index contributed by atoms with van der Waals surface area (Å²) in [5.41, 5.74) is 0.876. The van der Waals surface area contributed by atoms with E-state index in [1.807, 2.05) is 18.2 Å². The molecule has 0 atom stereocenters. The smallest absolute Gasteiger partial charge is 0.305 e. The van der Waals surface area contributed by atoms with E-state index in [2.05, 4.69) is 34.2 Å². The second-order valence-corrected chi connectivity index (χ2v) is 7.85. The topological polar surface area (TPSA) is 90.4 Å². The molecule has 174 valence electrons. The first-order valence-corrected chi connectivity index (χ1v) is 11.2. The highest BCUT2D eigenvalue weighted by Crippen LogP contribution is 2.32. The van der Waals surface area contributed by atoms with Gasteiger partial charge in [-0.1, -0.05) is 13.8 Å². The van der Waals surface area contributed by atoms with Gasteiger partial charge in [-0.3, -0.25) is 9.79 Å². The van der Waals surface area contributed by atoms with Crippen molar-refractivity contribution in [2.45, 2.75) is 46.0 Å². The summed E-state index contributed by atoms with van der Waals surface area (Å²) < 4.78 is 21.8. The Morgan fingerprint density at radius 3 is 2.74 bits per heavy atom. The van der Waals surface area contributed by atoms with Gasteiger partial charge in [-0.05, 0) is 37.3 Å². The fraction of sp³-hybridized carbons (Fsp3) is 0.652. The van der Waals surface area contributed by atoms with E-state index in [1.165, 1.54) is 7.11 Å². The van der Waals surface area contributed by atoms with E-state index in [1.54, 1.807) is 0 Å². The second kappa shape index (κ2) is 14.5. The molecule has 0 aliphatic carbocycles. The molecule has 0 spiro atoms. The van der Waals surface area contributed by atoms with Crippen LogP contribution in [0.1, 0.15) is 46.0 Å². The lowest BCUT2D eigenvalue weighted by atomic mass is 10.2. The van der Waals surface area contributed by atoms with Gasteiger partial charge in [0.15, 0.2) is 17.5 Å². The molecule has 0 bridgehead atoms. The first-order valence-electron chi connectivity index (χ1n) is 11.2. The van der Waals surface area contributed by atoms with Crippen LogP contribution < -0.4 is 20.1 Å². The zero-order chi connectivity index (χ0) is 22.3. The fourth-order valence-corrected chi connectivity index (χ4v) is 2.90. The molecular weight excluding hydrogens is 398 g/mol. The molecule has 1 aliphatic rings. The van der Waals surface area contributed by atoms with Gasteiger partial charge >= 0.3 is 5.97 Å². The highest BCUT2D eigenvalue weighted by molar-refractivity contribution is 5.93. The Hall–Kier alpha value is -2.48. The minimum Gasteiger partial charge on any atom is -0.490 e. The minimum absolute atomic E-state index is 0.180. The number of benzene rings is 1. The summed E-state index contributed by atoms with van der Waals surface area (Å²) in [6, 6.07) is 5.80. The normalized spacial score (nSPS) is 13.6. The Balaban J connectivity index is 1.88. The van der Waals surface area contributed by atoms with Gasteiger partial charge in [0.1, 0.15) is 0 Å². The number of nitrogens with zero attached hydrogens (tertiary/aromatic N) is 1. The predicted molar refractivity (Wildman–Crippen MR) is 122 cm³/mol. The number of carbonyl (C=O) groups is 1. The number of ether oxygens (including phenoxy) is 4. The van der Waals surface area contributed by atoms with Crippen molar-refractivity contribution in [2.75, 3.05) is 51.9 Å². The molecule has 0 saturated carbocycles. The van der Waals surface area contributed by atoms with Crippen LogP contribution >= 0.6 is 0 Å². The molecule has 0 aromatic heterocycles. The van der Waals surface area contributed by atoms with Crippen molar-refractivity contribution in [3.8, 4) is 11.5 Å². The summed E-state index contributed by atoms with van der Waals surface area (Å²) in [7, 11) is 1.41. The minimum atomic E-state index is -0.180. The number of fused-ring (bicyclic) bond motifs is 1. The van der Waals surface area contributed by atoms with Crippen molar-refractivity contribution < 1.29 is 23.7 Å². The molecule has 0 amide bonds. The monoisotopic (exact) mass is 435 g/mol. The molecule has 0 unspecified atom stereocenters. The van der Waals surface area contributed by atoms with Gasteiger partial charge < -0.3 is 29.6 Å². The number of hydrogen-bond acceptors (Lipinski definition) is 6. The average molecular weight is 436 g/mol. The molecule has 1 aliphatic heterocycles. The van der Waals surface area contributed by atoms with E-state index < -0.39 is 0 Å². The van der Waals surface area contributed by atoms with Crippen molar-refractivity contribution >= 4 is 17.6 Å². The highest BCUT2D eigenvalue weighted by Gasteiger charge is 2.11. The van der Waals surface area contributed by atoms with Crippen LogP contribution in [0.5, 0.6) is 11.5 Å². The third kappa shape index (κ3) is 10.4. The predicted octanol–water partition coefficient (Wildman–Crippen LogP) is 3.61. The largest absolute Gasteiger partial charge is 0.490 e. The number of aliphatic imine (C=N–C) groups is 1. The Kier molecular flexibility index (Phi) is 11.6. The Morgan fingerprint density at radius 1 is 1.16 bits per heavy atom. The number of esters is 1. The van der Waals surface area contributed by atoms with Crippen molar-refractivity contribution in [1.82, 2.24) is 5.32 Å². The number of methoxy groups -OCH3 is 1. The fourth-order valence-electron chi connectivity index (χ4n) is 2.90. The molecule has 8 heteroatoms. The summed E-state index contributed by atoms with van der Waals surface area (Å²) in [5, 5.41) is 6.68. The van der Waals surface area contributed by atoms with E-state index in [9.17, 15) is 4.79 Å². The van der Waals surface area contributed by atoms with Crippen molar-refractivity contribution in [3.63, 3.8) is 0 Å². The number of rotatable bonds is 12. The van der Waals surface area contributed by atoms with Crippen molar-refractivity contribution in [2.24, 2.45) is 10.9 Å². The standard InChI is InChI=1S/C23H37N3O5/c1-18(2)17-29-13-6-12-25-23(24-11-5-4-8-22(27)28-3)26-19-9-10-20-21(16-19)31-15-7-14-30-20/h9-10,16,18H,4-8,11-15,17H2,1-3H3,(H2,24,25,26). The lowest BCUT2D eigenvalue weighted by molar-refractivity contribution is -0.140. The van der Waals surface area contributed by atoms with Crippen molar-refractivity contribution in [3.05, 3.63) is 18.2 Å². The number of anilines is 1. The quantitative estimate of drug-likeness (QED) is 0.224. The van der Waals surface area contributed by atoms with Crippen LogP contribution in [-0.2, 0) is 14.3 Å². The molecule has 0 fully saturated rings. The van der Waals surface area contributed by atoms with Gasteiger partial charge in [-0.25, -0.2) is 0 Å². The summed E-state index contributed by atoms with van der Waals surface area (Å²) >= 11 is 0. The zero-order valence-electron chi connectivity index (χ0n) is 19.1. The maximum Gasteiger partial charge on any atom is 0.305 e. The molecule has 2 rings (SSSR count). The average Bonchev–Trinajstić information content (AvgIpc) is 3.00. The lowest BCUT2D eigenvalue weighted by Crippen LogP contribution is -2.32. The molecule has 31 heavy (non-hydrogen) atoms. The van der Waals surface area contributed by atoms with Crippen LogP contribution in [0.2, 0.25) is 0 Å². The van der Waals surface area contributed by atoms with E-state index in [0.29, 0.717) is 51.2 Å². The number of hydrogen-bond donors (Lipinski definition) is 2. The van der Waals surface area contributed by atoms with Crippen LogP contribution in [0.15, 0.2) is 23.2 Å². The lowest BCUT2D eigenvalue weighted by Gasteiger charge is -2.15. The molecule has 8 nitrogen and oxygen atoms in total. The molecule has 0 radical (unpaired) electrons. The van der Waals surface area contributed by atoms with Crippen LogP contribution in [0, 0.1) is 5.92 Å². The number of nitrogens with one attached hydrogen (secondary N) is 2. The Morgan fingerprint density at radius 2 is 1.97 bits per heavy atom. The van der Waals surface area contributed by atoms with Gasteiger partial charge in [0, 0.05) is 50.9 Å². The second-order valence-electron chi connectivity index (χ2n) is 7.85. The highest BCUT2D eigenvalue weighted by atomic mass is 16.5. The first-order chi connectivity index (χ1) is 15.1. The van der Waals surface area contributed by atoms with Crippen LogP contribution in [0.4, 0.5) is 5.69 Å². The van der Waals surface area contributed by atoms with Gasteiger partial charge in [-0.2, -0.15) is 0 Å². The summed E-state index contributed by atoms with van der Waals surface area (Å²) in [5.74, 6) is 2.55. The van der Waals surface area contributed by atoms with E-state index in [-0.39, 0.29) is 5.97 Å². The number of carbonyl (C=O) groups excluding carboxylic acids is 1. The maximum atomic E-state index is 11.2. The molecular formula is C23H37N3O5. The SMILES string of the molecule is COC(=O)CCCCNC(=NCCCOCC(C)C)Nc1ccc2c(c1)OCCCO2. The summed E-state index contributed by atoms with van der Waals surface area (Å²) in [6.45, 7) is 8.41. The molecule has 1 heterocycles. The van der Waals surface area contributed by atoms with Crippen molar-refractivity contribution in [1.29, 1.82) is 0 Å². The van der Waals surface area contributed by atoms with Gasteiger partial charge in [-0.15, -0.1) is 0 Å². The van der Waals surface area contributed by atoms with Gasteiger partial charge in [0.05, 0.1) is 20.3 Å². The molecule has 2 N–H and O–H groups in total.